The summed E-state index contributed by atoms with van der Waals surface area (Å²) in [5.74, 6) is 0. The number of nitrogens with zero attached hydrogens (tertiary/aromatic N) is 4. The quantitative estimate of drug-likeness (QED) is 0.0959. The van der Waals surface area contributed by atoms with Crippen LogP contribution in [0.2, 0.25) is 0 Å². The molecule has 0 saturated carbocycles. The fourth-order valence-corrected chi connectivity index (χ4v) is 24.5. The molecule has 4 aliphatic carbocycles. The molecule has 22 aromatic rings. The van der Waals surface area contributed by atoms with Gasteiger partial charge in [0.25, 0.3) is 0 Å². The maximum atomic E-state index is 2.46. The molecule has 2 aromatic heterocycles. The minimum absolute atomic E-state index is 0.118. The Balaban J connectivity index is 0.000000149. The van der Waals surface area contributed by atoms with Crippen molar-refractivity contribution in [3.63, 3.8) is 0 Å². The molecule has 4 aliphatic rings. The van der Waals surface area contributed by atoms with Gasteiger partial charge < -0.3 is 18.9 Å². The summed E-state index contributed by atoms with van der Waals surface area (Å²) in [4.78, 5) is 4.93. The molecule has 20 aromatic carbocycles. The Labute approximate surface area is 833 Å². The van der Waals surface area contributed by atoms with Gasteiger partial charge in [-0.1, -0.05) is 450 Å². The smallest absolute Gasteiger partial charge is 0.0575 e. The van der Waals surface area contributed by atoms with E-state index in [0.29, 0.717) is 0 Å². The van der Waals surface area contributed by atoms with Crippen LogP contribution in [0.4, 0.5) is 34.1 Å². The van der Waals surface area contributed by atoms with Crippen molar-refractivity contribution in [2.75, 3.05) is 9.80 Å². The summed E-state index contributed by atoms with van der Waals surface area (Å²) >= 11 is 0. The largest absolute Gasteiger partial charge is 0.343 e. The van der Waals surface area contributed by atoms with Gasteiger partial charge in [0.1, 0.15) is 0 Å². The summed E-state index contributed by atoms with van der Waals surface area (Å²) in [6, 6.07) is 176. The van der Waals surface area contributed by atoms with Gasteiger partial charge in [0.15, 0.2) is 0 Å². The summed E-state index contributed by atoms with van der Waals surface area (Å²) in [5, 5.41) is 4.94. The third-order valence-electron chi connectivity index (χ3n) is 31.6. The average molecular weight is 1820 g/mol. The van der Waals surface area contributed by atoms with E-state index in [4.69, 9.17) is 0 Å². The number of aromatic nitrogens is 2. The zero-order valence-electron chi connectivity index (χ0n) is 81.8. The molecule has 26 rings (SSSR count). The van der Waals surface area contributed by atoms with Crippen LogP contribution in [0.25, 0.3) is 178 Å². The standard InChI is InChI=1S/2C69H54N2/c1-68(2)60-29-16-14-26-55(60)57-41-39-52(43-62(57)68)71(53-40-42-58-56-27-15-17-30-61(56)69(3,4)63(58)44-53)51-37-35-46(36-38-51)45-31-33-50(34-32-45)66-64(48-20-8-6-9-21-48)65(49-22-10-7-11-23-49)67(70(66)5)59-28-18-24-47-19-12-13-25-54(47)59;1-68(2)60-26-16-14-24-56(60)58-40-38-54(43-62(58)68)71(55-39-41-59-57-25-15-17-27-61(57)69(3,4)63(59)44-55)53-36-34-47(35-37-53)46-28-31-48(32-29-46)64-65(52-33-30-45-18-12-13-23-51(45)42-52)67(50-21-10-7-11-22-50)70(5)66(64)49-19-8-6-9-20-49/h2*6-44H,1-5H3. The molecule has 680 valence electrons. The Bertz CT molecular complexity index is 8510. The first-order valence-electron chi connectivity index (χ1n) is 50.0. The predicted octanol–water partition coefficient (Wildman–Crippen LogP) is 37.2. The van der Waals surface area contributed by atoms with Crippen LogP contribution >= 0.6 is 0 Å². The van der Waals surface area contributed by atoms with Crippen LogP contribution in [0, 0.1) is 0 Å². The lowest BCUT2D eigenvalue weighted by Gasteiger charge is -2.30. The lowest BCUT2D eigenvalue weighted by Crippen LogP contribution is -2.18. The van der Waals surface area contributed by atoms with Crippen LogP contribution in [0.5, 0.6) is 0 Å². The molecular formula is C138H108N4. The second kappa shape index (κ2) is 34.0. The van der Waals surface area contributed by atoms with Crippen molar-refractivity contribution in [3.05, 3.63) is 518 Å². The lowest BCUT2D eigenvalue weighted by atomic mass is 9.82. The molecule has 0 radical (unpaired) electrons. The van der Waals surface area contributed by atoms with Gasteiger partial charge in [0.2, 0.25) is 0 Å². The zero-order chi connectivity index (χ0) is 96.0. The maximum Gasteiger partial charge on any atom is 0.0575 e. The van der Waals surface area contributed by atoms with Crippen LogP contribution in [-0.2, 0) is 35.8 Å². The molecule has 142 heavy (non-hydrogen) atoms. The Morgan fingerprint density at radius 1 is 0.155 bits per heavy atom. The second-order valence-corrected chi connectivity index (χ2v) is 41.1. The van der Waals surface area contributed by atoms with Crippen molar-refractivity contribution in [2.24, 2.45) is 14.1 Å². The first-order valence-corrected chi connectivity index (χ1v) is 50.0. The first kappa shape index (κ1) is 86.6. The maximum absolute atomic E-state index is 2.46. The Morgan fingerprint density at radius 3 is 0.775 bits per heavy atom. The van der Waals surface area contributed by atoms with E-state index in [1.165, 1.54) is 222 Å². The third-order valence-corrected chi connectivity index (χ3v) is 31.6. The molecule has 0 amide bonds. The highest BCUT2D eigenvalue weighted by Crippen LogP contribution is 2.59. The van der Waals surface area contributed by atoms with Crippen LogP contribution in [-0.4, -0.2) is 9.13 Å². The van der Waals surface area contributed by atoms with Crippen molar-refractivity contribution in [1.29, 1.82) is 0 Å². The highest BCUT2D eigenvalue weighted by atomic mass is 15.1. The van der Waals surface area contributed by atoms with Gasteiger partial charge in [0, 0.05) is 97.7 Å². The predicted molar refractivity (Wildman–Crippen MR) is 600 cm³/mol. The number of benzene rings is 20. The van der Waals surface area contributed by atoms with Crippen molar-refractivity contribution in [2.45, 2.75) is 77.0 Å². The molecule has 2 heterocycles. The first-order chi connectivity index (χ1) is 69.3. The fraction of sp³-hybridized carbons (Fsp3) is 0.101. The Hall–Kier alpha value is -16.9. The molecule has 0 saturated heterocycles. The van der Waals surface area contributed by atoms with E-state index >= 15 is 0 Å². The lowest BCUT2D eigenvalue weighted by molar-refractivity contribution is 0.659. The monoisotopic (exact) mass is 1820 g/mol. The second-order valence-electron chi connectivity index (χ2n) is 41.1. The number of hydrogen-bond acceptors (Lipinski definition) is 2. The highest BCUT2D eigenvalue weighted by Gasteiger charge is 2.42. The van der Waals surface area contributed by atoms with E-state index in [1.54, 1.807) is 0 Å². The van der Waals surface area contributed by atoms with Crippen LogP contribution in [0.3, 0.4) is 0 Å². The van der Waals surface area contributed by atoms with Gasteiger partial charge in [-0.2, -0.15) is 0 Å². The molecule has 0 aliphatic heterocycles. The van der Waals surface area contributed by atoms with Crippen molar-refractivity contribution < 1.29 is 0 Å². The summed E-state index contributed by atoms with van der Waals surface area (Å²) < 4.78 is 4.84. The molecule has 0 spiro atoms. The molecule has 0 N–H and O–H groups in total. The average Bonchev–Trinajstić information content (AvgIpc) is 1.55. The van der Waals surface area contributed by atoms with Crippen molar-refractivity contribution in [3.8, 4) is 156 Å². The number of anilines is 6. The molecule has 4 nitrogen and oxygen atoms in total. The fourth-order valence-electron chi connectivity index (χ4n) is 24.5. The Kier molecular flexibility index (Phi) is 20.8. The van der Waals surface area contributed by atoms with Gasteiger partial charge in [-0.15, -0.1) is 0 Å². The van der Waals surface area contributed by atoms with Crippen molar-refractivity contribution in [1.82, 2.24) is 9.13 Å². The van der Waals surface area contributed by atoms with Gasteiger partial charge in [-0.3, -0.25) is 0 Å². The summed E-state index contributed by atoms with van der Waals surface area (Å²) in [6.07, 6.45) is 0. The van der Waals surface area contributed by atoms with E-state index in [-0.39, 0.29) is 21.7 Å². The van der Waals surface area contributed by atoms with Crippen molar-refractivity contribution >= 4 is 55.7 Å². The minimum Gasteiger partial charge on any atom is -0.343 e. The van der Waals surface area contributed by atoms with Crippen LogP contribution in [0.15, 0.2) is 473 Å². The number of hydrogen-bond donors (Lipinski definition) is 0. The molecule has 0 atom stereocenters. The van der Waals surface area contributed by atoms with Crippen LogP contribution in [0.1, 0.15) is 99.9 Å². The molecular weight excluding hydrogens is 1710 g/mol. The van der Waals surface area contributed by atoms with Gasteiger partial charge >= 0.3 is 0 Å². The SMILES string of the molecule is Cn1c(-c2ccc(-c3ccc(N(c4ccc5c(c4)C(C)(C)c4ccccc4-5)c4ccc5c(c4)C(C)(C)c4ccccc4-5)cc3)cc2)c(-c2ccccc2)c(-c2ccccc2)c1-c1cccc2ccccc12.Cn1c(-c2ccccc2)c(-c2ccc(-c3ccc(N(c4ccc5c(c4)C(C)(C)c4ccccc4-5)c4ccc5c(c4)C(C)(C)c4ccccc4-5)cc3)cc2)c(-c2ccc3ccccc3c2)c1-c1ccccc1. The van der Waals surface area contributed by atoms with Gasteiger partial charge in [0.05, 0.1) is 22.8 Å². The van der Waals surface area contributed by atoms with E-state index < -0.39 is 0 Å². The summed E-state index contributed by atoms with van der Waals surface area (Å²) in [6.45, 7) is 18.9. The molecule has 0 fully saturated rings. The molecule has 0 unspecified atom stereocenters. The van der Waals surface area contributed by atoms with E-state index in [0.717, 1.165) is 34.1 Å². The van der Waals surface area contributed by atoms with Gasteiger partial charge in [-0.05, 0) is 251 Å². The number of fused-ring (bicyclic) bond motifs is 14. The van der Waals surface area contributed by atoms with E-state index in [2.05, 4.69) is 562 Å². The topological polar surface area (TPSA) is 16.3 Å². The van der Waals surface area contributed by atoms with Crippen LogP contribution < -0.4 is 9.80 Å². The molecule has 0 bridgehead atoms. The molecule has 4 heteroatoms. The third kappa shape index (κ3) is 14.1. The number of rotatable bonds is 16. The minimum atomic E-state index is -0.119. The van der Waals surface area contributed by atoms with E-state index in [1.807, 2.05) is 0 Å². The Morgan fingerprint density at radius 2 is 0.394 bits per heavy atom. The summed E-state index contributed by atoms with van der Waals surface area (Å²) in [5.41, 5.74) is 52.0. The highest BCUT2D eigenvalue weighted by molar-refractivity contribution is 6.09. The normalized spacial score (nSPS) is 13.6. The van der Waals surface area contributed by atoms with Gasteiger partial charge in [-0.25, -0.2) is 0 Å². The summed E-state index contributed by atoms with van der Waals surface area (Å²) in [7, 11) is 4.47. The zero-order valence-corrected chi connectivity index (χ0v) is 81.8. The van der Waals surface area contributed by atoms with E-state index in [9.17, 15) is 0 Å².